The van der Waals surface area contributed by atoms with Gasteiger partial charge in [-0.2, -0.15) is 13.2 Å². The highest BCUT2D eigenvalue weighted by Gasteiger charge is 2.36. The van der Waals surface area contributed by atoms with Gasteiger partial charge in [0.2, 0.25) is 0 Å². The van der Waals surface area contributed by atoms with E-state index in [1.54, 1.807) is 0 Å². The molecule has 2 nitrogen and oxygen atoms in total. The van der Waals surface area contributed by atoms with Crippen LogP contribution in [0.15, 0.2) is 29.4 Å². The summed E-state index contributed by atoms with van der Waals surface area (Å²) in [6.45, 7) is 1.95. The first kappa shape index (κ1) is 12.0. The molecule has 1 aromatic carbocycles. The lowest BCUT2D eigenvalue weighted by atomic mass is 10.0. The Morgan fingerprint density at radius 3 is 2.53 bits per heavy atom. The number of benzene rings is 1. The molecule has 0 fully saturated rings. The Labute approximate surface area is 97.1 Å². The van der Waals surface area contributed by atoms with Gasteiger partial charge < -0.3 is 4.84 Å². The van der Waals surface area contributed by atoms with Gasteiger partial charge in [0, 0.05) is 6.42 Å². The van der Waals surface area contributed by atoms with Crippen molar-refractivity contribution in [3.8, 4) is 0 Å². The lowest BCUT2D eigenvalue weighted by molar-refractivity contribution is -0.157. The van der Waals surface area contributed by atoms with E-state index in [0.29, 0.717) is 5.71 Å². The third-order valence-corrected chi connectivity index (χ3v) is 2.58. The average molecular weight is 243 g/mol. The van der Waals surface area contributed by atoms with Crippen LogP contribution in [-0.4, -0.2) is 18.0 Å². The summed E-state index contributed by atoms with van der Waals surface area (Å²) in [4.78, 5) is 4.79. The molecule has 0 spiro atoms. The quantitative estimate of drug-likeness (QED) is 0.779. The summed E-state index contributed by atoms with van der Waals surface area (Å²) < 4.78 is 36.5. The van der Waals surface area contributed by atoms with Crippen molar-refractivity contribution in [2.75, 3.05) is 0 Å². The summed E-state index contributed by atoms with van der Waals surface area (Å²) in [5.74, 6) is 0. The van der Waals surface area contributed by atoms with Crippen LogP contribution in [0.25, 0.3) is 0 Å². The van der Waals surface area contributed by atoms with Crippen molar-refractivity contribution >= 4 is 5.71 Å². The Morgan fingerprint density at radius 2 is 1.94 bits per heavy atom. The summed E-state index contributed by atoms with van der Waals surface area (Å²) in [5.41, 5.74) is 2.50. The molecule has 5 heteroatoms. The summed E-state index contributed by atoms with van der Waals surface area (Å²) >= 11 is 0. The number of nitrogens with zero attached hydrogens (tertiary/aromatic N) is 1. The topological polar surface area (TPSA) is 21.6 Å². The summed E-state index contributed by atoms with van der Waals surface area (Å²) in [7, 11) is 0. The Morgan fingerprint density at radius 1 is 1.29 bits per heavy atom. The SMILES string of the molecule is Cc1ccc(C2=NOC(CC(F)(F)F)C2)cc1. The lowest BCUT2D eigenvalue weighted by Crippen LogP contribution is -2.19. The molecular formula is C12H12F3NO. The van der Waals surface area contributed by atoms with Crippen molar-refractivity contribution in [2.24, 2.45) is 5.16 Å². The fourth-order valence-corrected chi connectivity index (χ4v) is 1.71. The zero-order valence-corrected chi connectivity index (χ0v) is 9.29. The number of alkyl halides is 3. The van der Waals surface area contributed by atoms with E-state index in [2.05, 4.69) is 5.16 Å². The maximum absolute atomic E-state index is 12.2. The number of rotatable bonds is 2. The van der Waals surface area contributed by atoms with E-state index in [0.717, 1.165) is 11.1 Å². The molecule has 92 valence electrons. The van der Waals surface area contributed by atoms with Crippen LogP contribution in [0.3, 0.4) is 0 Å². The lowest BCUT2D eigenvalue weighted by Gasteiger charge is -2.10. The minimum Gasteiger partial charge on any atom is -0.391 e. The second kappa shape index (κ2) is 4.39. The van der Waals surface area contributed by atoms with E-state index < -0.39 is 18.7 Å². The smallest absolute Gasteiger partial charge is 0.391 e. The Balaban J connectivity index is 2.00. The zero-order valence-electron chi connectivity index (χ0n) is 9.29. The van der Waals surface area contributed by atoms with Crippen LogP contribution in [0.1, 0.15) is 24.0 Å². The Hall–Kier alpha value is -1.52. The van der Waals surface area contributed by atoms with Crippen LogP contribution < -0.4 is 0 Å². The first-order chi connectivity index (χ1) is 7.94. The predicted octanol–water partition coefficient (Wildman–Crippen LogP) is 3.44. The molecule has 0 radical (unpaired) electrons. The van der Waals surface area contributed by atoms with Gasteiger partial charge in [-0.1, -0.05) is 35.0 Å². The average Bonchev–Trinajstić information content (AvgIpc) is 2.64. The third kappa shape index (κ3) is 3.22. The number of hydrogen-bond donors (Lipinski definition) is 0. The van der Waals surface area contributed by atoms with Gasteiger partial charge in [0.1, 0.15) is 6.10 Å². The van der Waals surface area contributed by atoms with E-state index in [1.807, 2.05) is 31.2 Å². The maximum atomic E-state index is 12.2. The molecule has 0 N–H and O–H groups in total. The normalized spacial score (nSPS) is 20.0. The van der Waals surface area contributed by atoms with Crippen molar-refractivity contribution in [3.63, 3.8) is 0 Å². The zero-order chi connectivity index (χ0) is 12.5. The Kier molecular flexibility index (Phi) is 3.09. The van der Waals surface area contributed by atoms with Crippen LogP contribution in [0.5, 0.6) is 0 Å². The van der Waals surface area contributed by atoms with Crippen molar-refractivity contribution < 1.29 is 18.0 Å². The molecular weight excluding hydrogens is 231 g/mol. The van der Waals surface area contributed by atoms with E-state index in [-0.39, 0.29) is 6.42 Å². The monoisotopic (exact) mass is 243 g/mol. The van der Waals surface area contributed by atoms with Gasteiger partial charge in [-0.3, -0.25) is 0 Å². The molecule has 2 rings (SSSR count). The summed E-state index contributed by atoms with van der Waals surface area (Å²) in [5, 5.41) is 3.72. The highest BCUT2D eigenvalue weighted by molar-refractivity contribution is 6.01. The van der Waals surface area contributed by atoms with E-state index in [1.165, 1.54) is 0 Å². The minimum absolute atomic E-state index is 0.211. The van der Waals surface area contributed by atoms with E-state index in [4.69, 9.17) is 4.84 Å². The predicted molar refractivity (Wildman–Crippen MR) is 57.9 cm³/mol. The van der Waals surface area contributed by atoms with Gasteiger partial charge in [0.25, 0.3) is 0 Å². The number of hydrogen-bond acceptors (Lipinski definition) is 2. The largest absolute Gasteiger partial charge is 0.392 e. The molecule has 1 aromatic rings. The minimum atomic E-state index is -4.21. The second-order valence-electron chi connectivity index (χ2n) is 4.15. The van der Waals surface area contributed by atoms with E-state index >= 15 is 0 Å². The molecule has 0 bridgehead atoms. The van der Waals surface area contributed by atoms with Crippen LogP contribution in [0, 0.1) is 6.92 Å². The van der Waals surface area contributed by atoms with Gasteiger partial charge >= 0.3 is 6.18 Å². The van der Waals surface area contributed by atoms with Gasteiger partial charge in [-0.05, 0) is 12.5 Å². The van der Waals surface area contributed by atoms with Gasteiger partial charge in [-0.25, -0.2) is 0 Å². The summed E-state index contributed by atoms with van der Waals surface area (Å²) in [6.07, 6.45) is -5.83. The maximum Gasteiger partial charge on any atom is 0.392 e. The third-order valence-electron chi connectivity index (χ3n) is 2.58. The molecule has 0 amide bonds. The van der Waals surface area contributed by atoms with Crippen LogP contribution in [0.2, 0.25) is 0 Å². The standard InChI is InChI=1S/C12H12F3NO/c1-8-2-4-9(5-3-8)11-6-10(17-16-11)7-12(13,14)15/h2-5,10H,6-7H2,1H3. The number of oxime groups is 1. The van der Waals surface area contributed by atoms with Gasteiger partial charge in [0.05, 0.1) is 12.1 Å². The molecule has 1 aliphatic rings. The van der Waals surface area contributed by atoms with Crippen LogP contribution >= 0.6 is 0 Å². The van der Waals surface area contributed by atoms with Crippen molar-refractivity contribution in [3.05, 3.63) is 35.4 Å². The van der Waals surface area contributed by atoms with E-state index in [9.17, 15) is 13.2 Å². The molecule has 1 heterocycles. The first-order valence-electron chi connectivity index (χ1n) is 5.30. The summed E-state index contributed by atoms with van der Waals surface area (Å²) in [6, 6.07) is 7.48. The highest BCUT2D eigenvalue weighted by Crippen LogP contribution is 2.28. The fraction of sp³-hybridized carbons (Fsp3) is 0.417. The molecule has 0 aromatic heterocycles. The first-order valence-corrected chi connectivity index (χ1v) is 5.30. The molecule has 17 heavy (non-hydrogen) atoms. The molecule has 0 saturated carbocycles. The number of halogens is 3. The second-order valence-corrected chi connectivity index (χ2v) is 4.15. The van der Waals surface area contributed by atoms with Crippen molar-refractivity contribution in [2.45, 2.75) is 32.0 Å². The van der Waals surface area contributed by atoms with Crippen LogP contribution in [-0.2, 0) is 4.84 Å². The van der Waals surface area contributed by atoms with Gasteiger partial charge in [0.15, 0.2) is 0 Å². The highest BCUT2D eigenvalue weighted by atomic mass is 19.4. The van der Waals surface area contributed by atoms with Gasteiger partial charge in [-0.15, -0.1) is 0 Å². The van der Waals surface area contributed by atoms with Crippen molar-refractivity contribution in [1.29, 1.82) is 0 Å². The number of aryl methyl sites for hydroxylation is 1. The molecule has 0 aliphatic carbocycles. The molecule has 1 atom stereocenters. The fourth-order valence-electron chi connectivity index (χ4n) is 1.71. The Bertz CT molecular complexity index is 422. The molecule has 0 saturated heterocycles. The van der Waals surface area contributed by atoms with Crippen molar-refractivity contribution in [1.82, 2.24) is 0 Å². The molecule has 1 unspecified atom stereocenters. The molecule has 1 aliphatic heterocycles. The van der Waals surface area contributed by atoms with Crippen LogP contribution in [0.4, 0.5) is 13.2 Å².